The van der Waals surface area contributed by atoms with Crippen molar-refractivity contribution in [1.29, 1.82) is 0 Å². The van der Waals surface area contributed by atoms with Crippen molar-refractivity contribution < 1.29 is 12.8 Å². The molecular weight excluding hydrogens is 417 g/mol. The third-order valence-corrected chi connectivity index (χ3v) is 8.16. The van der Waals surface area contributed by atoms with Crippen LogP contribution in [0.15, 0.2) is 29.2 Å². The molecule has 1 saturated heterocycles. The molecule has 1 aliphatic carbocycles. The van der Waals surface area contributed by atoms with E-state index in [9.17, 15) is 12.8 Å². The van der Waals surface area contributed by atoms with Gasteiger partial charge in [0, 0.05) is 44.0 Å². The SMILES string of the molecule is Cc1cc(N2CCN(S(=O)(=O)c3ccc(F)cc3C)CC2)nc(NC2CCCCC2)n1. The van der Waals surface area contributed by atoms with Gasteiger partial charge in [-0.2, -0.15) is 9.29 Å². The lowest BCUT2D eigenvalue weighted by molar-refractivity contribution is 0.383. The van der Waals surface area contributed by atoms with Gasteiger partial charge < -0.3 is 10.2 Å². The molecule has 168 valence electrons. The van der Waals surface area contributed by atoms with Crippen molar-refractivity contribution in [2.75, 3.05) is 36.4 Å². The van der Waals surface area contributed by atoms with E-state index in [4.69, 9.17) is 4.98 Å². The number of sulfonamides is 1. The van der Waals surface area contributed by atoms with Crippen LogP contribution in [0.1, 0.15) is 43.4 Å². The van der Waals surface area contributed by atoms with E-state index in [0.717, 1.165) is 24.4 Å². The first-order valence-corrected chi connectivity index (χ1v) is 12.4. The van der Waals surface area contributed by atoms with E-state index in [0.29, 0.717) is 43.7 Å². The average Bonchev–Trinajstić information content (AvgIpc) is 2.74. The smallest absolute Gasteiger partial charge is 0.243 e. The van der Waals surface area contributed by atoms with Gasteiger partial charge in [-0.1, -0.05) is 19.3 Å². The van der Waals surface area contributed by atoms with Crippen LogP contribution in [-0.4, -0.2) is 54.9 Å². The van der Waals surface area contributed by atoms with Crippen molar-refractivity contribution in [3.8, 4) is 0 Å². The summed E-state index contributed by atoms with van der Waals surface area (Å²) in [7, 11) is -3.66. The number of piperazine rings is 1. The zero-order valence-corrected chi connectivity index (χ0v) is 19.0. The number of halogens is 1. The van der Waals surface area contributed by atoms with Gasteiger partial charge >= 0.3 is 0 Å². The summed E-state index contributed by atoms with van der Waals surface area (Å²) in [6.45, 7) is 5.37. The fourth-order valence-corrected chi connectivity index (χ4v) is 6.03. The zero-order valence-electron chi connectivity index (χ0n) is 18.1. The van der Waals surface area contributed by atoms with Crippen LogP contribution in [0.2, 0.25) is 0 Å². The predicted octanol–water partition coefficient (Wildman–Crippen LogP) is 3.49. The Morgan fingerprint density at radius 3 is 2.39 bits per heavy atom. The maximum atomic E-state index is 13.4. The van der Waals surface area contributed by atoms with E-state index < -0.39 is 15.8 Å². The maximum Gasteiger partial charge on any atom is 0.243 e. The van der Waals surface area contributed by atoms with E-state index in [-0.39, 0.29) is 4.90 Å². The second-order valence-corrected chi connectivity index (χ2v) is 10.4. The molecule has 1 N–H and O–H groups in total. The van der Waals surface area contributed by atoms with E-state index in [1.165, 1.54) is 41.8 Å². The minimum atomic E-state index is -3.66. The van der Waals surface area contributed by atoms with Gasteiger partial charge in [0.05, 0.1) is 4.90 Å². The molecule has 2 aliphatic rings. The fraction of sp³-hybridized carbons (Fsp3) is 0.545. The second kappa shape index (κ2) is 9.08. The van der Waals surface area contributed by atoms with Crippen molar-refractivity contribution in [2.45, 2.75) is 56.9 Å². The lowest BCUT2D eigenvalue weighted by atomic mass is 9.96. The summed E-state index contributed by atoms with van der Waals surface area (Å²) < 4.78 is 41.0. The van der Waals surface area contributed by atoms with Gasteiger partial charge in [-0.25, -0.2) is 17.8 Å². The van der Waals surface area contributed by atoms with Crippen LogP contribution in [0.5, 0.6) is 0 Å². The number of nitrogens with one attached hydrogen (secondary N) is 1. The molecule has 0 atom stereocenters. The highest BCUT2D eigenvalue weighted by molar-refractivity contribution is 7.89. The standard InChI is InChI=1S/C22H30FN5O2S/c1-16-14-18(23)8-9-20(16)31(29,30)28-12-10-27(11-13-28)21-15-17(2)24-22(26-21)25-19-6-4-3-5-7-19/h8-9,14-15,19H,3-7,10-13H2,1-2H3,(H,24,25,26). The molecule has 0 spiro atoms. The summed E-state index contributed by atoms with van der Waals surface area (Å²) >= 11 is 0. The van der Waals surface area contributed by atoms with Gasteiger partial charge in [0.2, 0.25) is 16.0 Å². The van der Waals surface area contributed by atoms with Gasteiger partial charge in [0.1, 0.15) is 11.6 Å². The maximum absolute atomic E-state index is 13.4. The molecule has 4 rings (SSSR count). The third kappa shape index (κ3) is 4.98. The van der Waals surface area contributed by atoms with E-state index in [1.807, 2.05) is 13.0 Å². The summed E-state index contributed by atoms with van der Waals surface area (Å²) in [6, 6.07) is 6.17. The number of benzene rings is 1. The Hall–Kier alpha value is -2.26. The van der Waals surface area contributed by atoms with Gasteiger partial charge in [0.25, 0.3) is 0 Å². The third-order valence-electron chi connectivity index (χ3n) is 6.10. The highest BCUT2D eigenvalue weighted by Gasteiger charge is 2.30. The van der Waals surface area contributed by atoms with E-state index in [1.54, 1.807) is 6.92 Å². The van der Waals surface area contributed by atoms with Crippen molar-refractivity contribution in [1.82, 2.24) is 14.3 Å². The van der Waals surface area contributed by atoms with Crippen LogP contribution >= 0.6 is 0 Å². The molecular formula is C22H30FN5O2S. The Morgan fingerprint density at radius 1 is 1.00 bits per heavy atom. The lowest BCUT2D eigenvalue weighted by Gasteiger charge is -2.35. The Morgan fingerprint density at radius 2 is 1.71 bits per heavy atom. The number of nitrogens with zero attached hydrogens (tertiary/aromatic N) is 4. The summed E-state index contributed by atoms with van der Waals surface area (Å²) in [6.07, 6.45) is 6.06. The summed E-state index contributed by atoms with van der Waals surface area (Å²) in [5.41, 5.74) is 1.31. The Bertz CT molecular complexity index is 1030. The van der Waals surface area contributed by atoms with Crippen LogP contribution in [0, 0.1) is 19.7 Å². The Kier molecular flexibility index (Phi) is 6.43. The van der Waals surface area contributed by atoms with Crippen LogP contribution < -0.4 is 10.2 Å². The van der Waals surface area contributed by atoms with Crippen molar-refractivity contribution in [3.63, 3.8) is 0 Å². The van der Waals surface area contributed by atoms with E-state index >= 15 is 0 Å². The van der Waals surface area contributed by atoms with Crippen LogP contribution in [-0.2, 0) is 10.0 Å². The lowest BCUT2D eigenvalue weighted by Crippen LogP contribution is -2.49. The molecule has 1 aromatic carbocycles. The average molecular weight is 448 g/mol. The molecule has 0 unspecified atom stereocenters. The first-order chi connectivity index (χ1) is 14.8. The first-order valence-electron chi connectivity index (χ1n) is 11.0. The molecule has 1 saturated carbocycles. The first kappa shape index (κ1) is 22.0. The largest absolute Gasteiger partial charge is 0.354 e. The summed E-state index contributed by atoms with van der Waals surface area (Å²) in [4.78, 5) is 11.5. The normalized spacial score (nSPS) is 18.9. The molecule has 9 heteroatoms. The van der Waals surface area contributed by atoms with Gasteiger partial charge in [-0.3, -0.25) is 0 Å². The second-order valence-electron chi connectivity index (χ2n) is 8.47. The number of aromatic nitrogens is 2. The Labute approximate surface area is 183 Å². The van der Waals surface area contributed by atoms with Crippen LogP contribution in [0.25, 0.3) is 0 Å². The molecule has 0 radical (unpaired) electrons. The monoisotopic (exact) mass is 447 g/mol. The molecule has 7 nitrogen and oxygen atoms in total. The molecule has 1 aliphatic heterocycles. The van der Waals surface area contributed by atoms with Crippen molar-refractivity contribution in [3.05, 3.63) is 41.3 Å². The minimum absolute atomic E-state index is 0.166. The van der Waals surface area contributed by atoms with Gasteiger partial charge in [0.15, 0.2) is 0 Å². The molecule has 1 aromatic heterocycles. The van der Waals surface area contributed by atoms with Gasteiger partial charge in [-0.15, -0.1) is 0 Å². The number of hydrogen-bond donors (Lipinski definition) is 1. The summed E-state index contributed by atoms with van der Waals surface area (Å²) in [5, 5.41) is 3.48. The van der Waals surface area contributed by atoms with E-state index in [2.05, 4.69) is 15.2 Å². The zero-order chi connectivity index (χ0) is 22.0. The van der Waals surface area contributed by atoms with Crippen molar-refractivity contribution >= 4 is 21.8 Å². The van der Waals surface area contributed by atoms with Crippen LogP contribution in [0.3, 0.4) is 0 Å². The molecule has 0 bridgehead atoms. The highest BCUT2D eigenvalue weighted by Crippen LogP contribution is 2.25. The Balaban J connectivity index is 1.44. The minimum Gasteiger partial charge on any atom is -0.354 e. The number of anilines is 2. The highest BCUT2D eigenvalue weighted by atomic mass is 32.2. The molecule has 0 amide bonds. The number of rotatable bonds is 5. The molecule has 31 heavy (non-hydrogen) atoms. The predicted molar refractivity (Wildman–Crippen MR) is 119 cm³/mol. The van der Waals surface area contributed by atoms with Crippen molar-refractivity contribution in [2.24, 2.45) is 0 Å². The molecule has 2 fully saturated rings. The summed E-state index contributed by atoms with van der Waals surface area (Å²) in [5.74, 6) is 1.04. The molecule has 2 aromatic rings. The number of aryl methyl sites for hydroxylation is 2. The quantitative estimate of drug-likeness (QED) is 0.756. The van der Waals surface area contributed by atoms with Gasteiger partial charge in [-0.05, 0) is 50.5 Å². The topological polar surface area (TPSA) is 78.4 Å². The van der Waals surface area contributed by atoms with Crippen LogP contribution in [0.4, 0.5) is 16.2 Å². The number of hydrogen-bond acceptors (Lipinski definition) is 6. The fourth-order valence-electron chi connectivity index (χ4n) is 4.41. The molecule has 2 heterocycles.